The summed E-state index contributed by atoms with van der Waals surface area (Å²) < 4.78 is 24.0. The summed E-state index contributed by atoms with van der Waals surface area (Å²) in [5, 5.41) is 0.772. The largest absolute Gasteiger partial charge is 0.465 e. The molecule has 4 rings (SSSR count). The van der Waals surface area contributed by atoms with Crippen LogP contribution in [0.2, 0.25) is 0 Å². The summed E-state index contributed by atoms with van der Waals surface area (Å²) in [5.74, 6) is 0.225. The van der Waals surface area contributed by atoms with Gasteiger partial charge in [-0.2, -0.15) is 0 Å². The Morgan fingerprint density at radius 2 is 1.75 bits per heavy atom. The Kier molecular flexibility index (Phi) is 4.75. The van der Waals surface area contributed by atoms with Crippen LogP contribution in [-0.4, -0.2) is 23.0 Å². The van der Waals surface area contributed by atoms with E-state index in [1.165, 1.54) is 36.9 Å². The number of aryl methyl sites for hydroxylation is 1. The third-order valence-corrected chi connectivity index (χ3v) is 5.27. The van der Waals surface area contributed by atoms with Gasteiger partial charge in [-0.3, -0.25) is 0 Å². The van der Waals surface area contributed by atoms with Gasteiger partial charge >= 0.3 is 5.97 Å². The molecule has 0 aliphatic rings. The molecule has 0 fully saturated rings. The summed E-state index contributed by atoms with van der Waals surface area (Å²) in [7, 11) is 1.33. The zero-order valence-electron chi connectivity index (χ0n) is 15.1. The lowest BCUT2D eigenvalue weighted by Gasteiger charge is -2.08. The van der Waals surface area contributed by atoms with Gasteiger partial charge in [-0.25, -0.2) is 19.2 Å². The zero-order valence-corrected chi connectivity index (χ0v) is 15.9. The number of methoxy groups -OCH3 is 1. The smallest absolute Gasteiger partial charge is 0.337 e. The molecule has 28 heavy (non-hydrogen) atoms. The van der Waals surface area contributed by atoms with E-state index < -0.39 is 5.97 Å². The number of hydrogen-bond acceptors (Lipinski definition) is 6. The number of nitrogens with zero attached hydrogens (tertiary/aromatic N) is 2. The first-order chi connectivity index (χ1) is 13.6. The van der Waals surface area contributed by atoms with Crippen molar-refractivity contribution in [3.05, 3.63) is 71.1 Å². The van der Waals surface area contributed by atoms with Crippen LogP contribution in [0, 0.1) is 12.7 Å². The van der Waals surface area contributed by atoms with Gasteiger partial charge < -0.3 is 9.47 Å². The van der Waals surface area contributed by atoms with E-state index in [1.54, 1.807) is 36.4 Å². The van der Waals surface area contributed by atoms with Gasteiger partial charge in [0, 0.05) is 10.4 Å². The molecule has 140 valence electrons. The first-order valence-corrected chi connectivity index (χ1v) is 9.24. The van der Waals surface area contributed by atoms with E-state index in [4.69, 9.17) is 9.47 Å². The summed E-state index contributed by atoms with van der Waals surface area (Å²) in [6, 6.07) is 12.9. The molecule has 2 heterocycles. The molecule has 0 saturated carbocycles. The molecule has 0 unspecified atom stereocenters. The van der Waals surface area contributed by atoms with Crippen molar-refractivity contribution >= 4 is 27.5 Å². The number of benzene rings is 2. The van der Waals surface area contributed by atoms with Gasteiger partial charge in [-0.15, -0.1) is 11.3 Å². The fourth-order valence-electron chi connectivity index (χ4n) is 2.95. The molecule has 7 heteroatoms. The van der Waals surface area contributed by atoms with E-state index in [9.17, 15) is 9.18 Å². The lowest BCUT2D eigenvalue weighted by atomic mass is 10.0. The second kappa shape index (κ2) is 7.36. The average Bonchev–Trinajstić information content (AvgIpc) is 3.05. The van der Waals surface area contributed by atoms with Crippen LogP contribution in [0.25, 0.3) is 21.3 Å². The number of carbonyl (C=O) groups is 1. The second-order valence-electron chi connectivity index (χ2n) is 6.02. The molecule has 4 aromatic rings. The fraction of sp³-hybridized carbons (Fsp3) is 0.0952. The Hall–Kier alpha value is -3.32. The molecule has 0 atom stereocenters. The fourth-order valence-corrected chi connectivity index (χ4v) is 3.95. The first kappa shape index (κ1) is 18.1. The number of halogens is 1. The van der Waals surface area contributed by atoms with Crippen LogP contribution in [0.5, 0.6) is 11.6 Å². The summed E-state index contributed by atoms with van der Waals surface area (Å²) in [4.78, 5) is 22.0. The maximum atomic E-state index is 13.3. The topological polar surface area (TPSA) is 61.3 Å². The molecular weight excluding hydrogens is 379 g/mol. The second-order valence-corrected chi connectivity index (χ2v) is 7.22. The SMILES string of the molecule is COC(=O)c1ccc(Oc2ncnc3sc(C)c(-c4ccc(F)cc4)c23)cc1. The summed E-state index contributed by atoms with van der Waals surface area (Å²) in [6.07, 6.45) is 1.45. The number of esters is 1. The summed E-state index contributed by atoms with van der Waals surface area (Å²) in [6.45, 7) is 1.99. The van der Waals surface area contributed by atoms with Gasteiger partial charge in [0.2, 0.25) is 5.88 Å². The van der Waals surface area contributed by atoms with E-state index in [2.05, 4.69) is 9.97 Å². The van der Waals surface area contributed by atoms with Crippen molar-refractivity contribution in [1.29, 1.82) is 0 Å². The Labute approximate surface area is 164 Å². The predicted molar refractivity (Wildman–Crippen MR) is 105 cm³/mol. The van der Waals surface area contributed by atoms with Crippen molar-refractivity contribution in [2.45, 2.75) is 6.92 Å². The molecule has 0 amide bonds. The number of rotatable bonds is 4. The van der Waals surface area contributed by atoms with Gasteiger partial charge in [0.1, 0.15) is 22.7 Å². The lowest BCUT2D eigenvalue weighted by molar-refractivity contribution is 0.0600. The minimum atomic E-state index is -0.414. The van der Waals surface area contributed by atoms with Crippen molar-refractivity contribution < 1.29 is 18.7 Å². The number of aromatic nitrogens is 2. The Morgan fingerprint density at radius 1 is 1.04 bits per heavy atom. The maximum Gasteiger partial charge on any atom is 0.337 e. The highest BCUT2D eigenvalue weighted by molar-refractivity contribution is 7.19. The maximum absolute atomic E-state index is 13.3. The van der Waals surface area contributed by atoms with Crippen LogP contribution in [0.1, 0.15) is 15.2 Å². The number of fused-ring (bicyclic) bond motifs is 1. The predicted octanol–water partition coefficient (Wildman–Crippen LogP) is 5.38. The number of ether oxygens (including phenoxy) is 2. The molecule has 2 aromatic carbocycles. The Bertz CT molecular complexity index is 1150. The Balaban J connectivity index is 1.77. The summed E-state index contributed by atoms with van der Waals surface area (Å²) >= 11 is 1.53. The quantitative estimate of drug-likeness (QED) is 0.435. The van der Waals surface area contributed by atoms with E-state index in [0.29, 0.717) is 17.2 Å². The highest BCUT2D eigenvalue weighted by Crippen LogP contribution is 2.42. The van der Waals surface area contributed by atoms with Gasteiger partial charge in [-0.1, -0.05) is 12.1 Å². The molecule has 0 radical (unpaired) electrons. The number of thiophene rings is 1. The minimum absolute atomic E-state index is 0.292. The van der Waals surface area contributed by atoms with Crippen LogP contribution in [-0.2, 0) is 4.74 Å². The van der Waals surface area contributed by atoms with Crippen molar-refractivity contribution in [3.8, 4) is 22.8 Å². The Morgan fingerprint density at radius 3 is 2.43 bits per heavy atom. The lowest BCUT2D eigenvalue weighted by Crippen LogP contribution is -2.00. The minimum Gasteiger partial charge on any atom is -0.465 e. The zero-order chi connectivity index (χ0) is 19.7. The van der Waals surface area contributed by atoms with E-state index in [1.807, 2.05) is 6.92 Å². The number of carbonyl (C=O) groups excluding carboxylic acids is 1. The molecule has 0 saturated heterocycles. The van der Waals surface area contributed by atoms with Gasteiger partial charge in [0.25, 0.3) is 0 Å². The van der Waals surface area contributed by atoms with Crippen LogP contribution < -0.4 is 4.74 Å². The average molecular weight is 394 g/mol. The van der Waals surface area contributed by atoms with Crippen LogP contribution in [0.4, 0.5) is 4.39 Å². The summed E-state index contributed by atoms with van der Waals surface area (Å²) in [5.41, 5.74) is 2.22. The third kappa shape index (κ3) is 3.32. The number of hydrogen-bond donors (Lipinski definition) is 0. The van der Waals surface area contributed by atoms with Crippen molar-refractivity contribution in [1.82, 2.24) is 9.97 Å². The van der Waals surface area contributed by atoms with Crippen molar-refractivity contribution in [3.63, 3.8) is 0 Å². The molecule has 0 aliphatic carbocycles. The van der Waals surface area contributed by atoms with Crippen molar-refractivity contribution in [2.75, 3.05) is 7.11 Å². The molecule has 0 bridgehead atoms. The van der Waals surface area contributed by atoms with Crippen molar-refractivity contribution in [2.24, 2.45) is 0 Å². The van der Waals surface area contributed by atoms with E-state index in [-0.39, 0.29) is 5.82 Å². The first-order valence-electron chi connectivity index (χ1n) is 8.43. The monoisotopic (exact) mass is 394 g/mol. The third-order valence-electron chi connectivity index (χ3n) is 4.25. The normalized spacial score (nSPS) is 10.8. The van der Waals surface area contributed by atoms with Gasteiger partial charge in [0.15, 0.2) is 0 Å². The molecule has 0 spiro atoms. The van der Waals surface area contributed by atoms with Gasteiger partial charge in [-0.05, 0) is 48.9 Å². The highest BCUT2D eigenvalue weighted by Gasteiger charge is 2.18. The van der Waals surface area contributed by atoms with E-state index >= 15 is 0 Å². The standard InChI is InChI=1S/C21H15FN2O3S/c1-12-17(13-3-7-15(22)8-4-13)18-19(23-11-24-20(18)28-12)27-16-9-5-14(6-10-16)21(25)26-2/h3-11H,1-2H3. The molecule has 5 nitrogen and oxygen atoms in total. The van der Waals surface area contributed by atoms with Crippen LogP contribution >= 0.6 is 11.3 Å². The molecule has 0 N–H and O–H groups in total. The molecule has 2 aromatic heterocycles. The van der Waals surface area contributed by atoms with Crippen LogP contribution in [0.3, 0.4) is 0 Å². The molecule has 0 aliphatic heterocycles. The van der Waals surface area contributed by atoms with E-state index in [0.717, 1.165) is 26.2 Å². The highest BCUT2D eigenvalue weighted by atomic mass is 32.1. The van der Waals surface area contributed by atoms with Gasteiger partial charge in [0.05, 0.1) is 18.1 Å². The van der Waals surface area contributed by atoms with Crippen LogP contribution in [0.15, 0.2) is 54.9 Å². The molecular formula is C21H15FN2O3S.